The van der Waals surface area contributed by atoms with E-state index in [1.54, 1.807) is 35.1 Å². The highest BCUT2D eigenvalue weighted by molar-refractivity contribution is 6.36. The summed E-state index contributed by atoms with van der Waals surface area (Å²) >= 11 is 12.5. The van der Waals surface area contributed by atoms with Crippen LogP contribution in [0.5, 0.6) is 0 Å². The first kappa shape index (κ1) is 23.2. The second-order valence-electron chi connectivity index (χ2n) is 8.57. The number of hydrogen-bond acceptors (Lipinski definition) is 2. The van der Waals surface area contributed by atoms with Gasteiger partial charge in [-0.2, -0.15) is 5.10 Å². The lowest BCUT2D eigenvalue weighted by molar-refractivity contribution is 0.102. The van der Waals surface area contributed by atoms with Gasteiger partial charge in [0.25, 0.3) is 5.91 Å². The molecule has 2 heterocycles. The summed E-state index contributed by atoms with van der Waals surface area (Å²) in [5, 5.41) is 9.59. The van der Waals surface area contributed by atoms with Crippen molar-refractivity contribution in [3.63, 3.8) is 0 Å². The van der Waals surface area contributed by atoms with Crippen LogP contribution in [0, 0.1) is 13.8 Å². The van der Waals surface area contributed by atoms with Crippen LogP contribution in [0.15, 0.2) is 79.0 Å². The van der Waals surface area contributed by atoms with Crippen molar-refractivity contribution in [1.29, 1.82) is 0 Å². The lowest BCUT2D eigenvalue weighted by Gasteiger charge is -2.09. The second-order valence-corrected chi connectivity index (χ2v) is 9.38. The maximum Gasteiger partial charge on any atom is 0.256 e. The average molecular weight is 503 g/mol. The molecule has 5 aromatic rings. The van der Waals surface area contributed by atoms with Crippen molar-refractivity contribution in [3.05, 3.63) is 117 Å². The number of benzene rings is 3. The third-order valence-corrected chi connectivity index (χ3v) is 7.06. The van der Waals surface area contributed by atoms with E-state index in [9.17, 15) is 4.79 Å². The van der Waals surface area contributed by atoms with E-state index in [1.165, 1.54) is 16.8 Å². The fourth-order valence-corrected chi connectivity index (χ4v) is 4.83. The van der Waals surface area contributed by atoms with Crippen LogP contribution < -0.4 is 5.32 Å². The fourth-order valence-electron chi connectivity index (χ4n) is 4.31. The lowest BCUT2D eigenvalue weighted by atomic mass is 10.1. The molecule has 0 saturated heterocycles. The lowest BCUT2D eigenvalue weighted by Crippen LogP contribution is -2.13. The number of rotatable bonds is 6. The first-order valence-corrected chi connectivity index (χ1v) is 12.1. The molecular formula is C28H24Cl2N4O. The van der Waals surface area contributed by atoms with Crippen LogP contribution in [0.25, 0.3) is 10.9 Å². The minimum atomic E-state index is -0.208. The molecule has 0 bridgehead atoms. The van der Waals surface area contributed by atoms with Crippen LogP contribution in [0.3, 0.4) is 0 Å². The number of carbonyl (C=O) groups is 1. The van der Waals surface area contributed by atoms with Crippen molar-refractivity contribution in [2.75, 3.05) is 5.32 Å². The van der Waals surface area contributed by atoms with Crippen molar-refractivity contribution < 1.29 is 4.79 Å². The molecule has 0 saturated carbocycles. The predicted molar refractivity (Wildman–Crippen MR) is 143 cm³/mol. The third-order valence-electron chi connectivity index (χ3n) is 6.35. The number of nitrogens with zero attached hydrogens (tertiary/aromatic N) is 3. The largest absolute Gasteiger partial charge is 0.340 e. The quantitative estimate of drug-likeness (QED) is 0.269. The second kappa shape index (κ2) is 9.61. The fraction of sp³-hybridized carbons (Fsp3) is 0.143. The van der Waals surface area contributed by atoms with Gasteiger partial charge in [-0.3, -0.25) is 9.48 Å². The Bertz CT molecular complexity index is 1520. The van der Waals surface area contributed by atoms with Crippen LogP contribution in [0.4, 0.5) is 5.82 Å². The van der Waals surface area contributed by atoms with Crippen LogP contribution >= 0.6 is 23.2 Å². The Morgan fingerprint density at radius 1 is 0.914 bits per heavy atom. The summed E-state index contributed by atoms with van der Waals surface area (Å²) in [6, 6.07) is 23.4. The molecule has 1 amide bonds. The van der Waals surface area contributed by atoms with E-state index < -0.39 is 0 Å². The SMILES string of the molecule is Cc1c(C)n(Cc2ccccc2)c2ccc(C(=O)Nc3ccn(Cc4c(Cl)cccc4Cl)n3)cc12. The van der Waals surface area contributed by atoms with E-state index in [0.717, 1.165) is 23.0 Å². The Morgan fingerprint density at radius 2 is 1.66 bits per heavy atom. The Morgan fingerprint density at radius 3 is 2.40 bits per heavy atom. The van der Waals surface area contributed by atoms with Crippen molar-refractivity contribution >= 4 is 45.8 Å². The number of fused-ring (bicyclic) bond motifs is 1. The molecule has 0 spiro atoms. The Labute approximate surface area is 213 Å². The molecule has 0 fully saturated rings. The predicted octanol–water partition coefficient (Wildman–Crippen LogP) is 7.11. The molecule has 5 nitrogen and oxygen atoms in total. The normalized spacial score (nSPS) is 11.2. The molecule has 0 aliphatic carbocycles. The highest BCUT2D eigenvalue weighted by Crippen LogP contribution is 2.28. The van der Waals surface area contributed by atoms with E-state index in [1.807, 2.05) is 24.3 Å². The van der Waals surface area contributed by atoms with Gasteiger partial charge in [-0.05, 0) is 55.3 Å². The van der Waals surface area contributed by atoms with Gasteiger partial charge in [0.05, 0.1) is 6.54 Å². The van der Waals surface area contributed by atoms with Gasteiger partial charge in [-0.15, -0.1) is 0 Å². The topological polar surface area (TPSA) is 51.9 Å². The zero-order valence-corrected chi connectivity index (χ0v) is 20.9. The molecule has 0 unspecified atom stereocenters. The molecular weight excluding hydrogens is 479 g/mol. The molecule has 0 radical (unpaired) electrons. The summed E-state index contributed by atoms with van der Waals surface area (Å²) < 4.78 is 3.99. The molecule has 7 heteroatoms. The third kappa shape index (κ3) is 4.70. The van der Waals surface area contributed by atoms with Crippen molar-refractivity contribution in [2.24, 2.45) is 0 Å². The van der Waals surface area contributed by atoms with Gasteiger partial charge >= 0.3 is 0 Å². The van der Waals surface area contributed by atoms with Gasteiger partial charge in [0, 0.05) is 56.6 Å². The summed E-state index contributed by atoms with van der Waals surface area (Å²) in [4.78, 5) is 13.0. The number of anilines is 1. The van der Waals surface area contributed by atoms with Gasteiger partial charge in [0.1, 0.15) is 0 Å². The minimum Gasteiger partial charge on any atom is -0.340 e. The molecule has 2 aromatic heterocycles. The van der Waals surface area contributed by atoms with Gasteiger partial charge in [0.15, 0.2) is 5.82 Å². The maximum absolute atomic E-state index is 13.0. The Hall–Kier alpha value is -3.54. The first-order chi connectivity index (χ1) is 16.9. The molecule has 5 rings (SSSR count). The monoisotopic (exact) mass is 502 g/mol. The standard InChI is InChI=1S/C28H24Cl2N4O/c1-18-19(2)34(16-20-7-4-3-5-8-20)26-12-11-21(15-22(18)26)28(35)31-27-13-14-33(32-27)17-23-24(29)9-6-10-25(23)30/h3-15H,16-17H2,1-2H3,(H,31,32,35). The zero-order chi connectivity index (χ0) is 24.5. The molecule has 1 N–H and O–H groups in total. The molecule has 35 heavy (non-hydrogen) atoms. The van der Waals surface area contributed by atoms with E-state index in [2.05, 4.69) is 53.1 Å². The number of halogens is 2. The minimum absolute atomic E-state index is 0.208. The van der Waals surface area contributed by atoms with E-state index in [0.29, 0.717) is 28.0 Å². The number of carbonyl (C=O) groups excluding carboxylic acids is 1. The molecule has 0 aliphatic rings. The van der Waals surface area contributed by atoms with Crippen molar-refractivity contribution in [2.45, 2.75) is 26.9 Å². The number of amides is 1. The number of hydrogen-bond donors (Lipinski definition) is 1. The molecule has 0 aliphatic heterocycles. The first-order valence-electron chi connectivity index (χ1n) is 11.3. The summed E-state index contributed by atoms with van der Waals surface area (Å²) in [5.74, 6) is 0.258. The highest BCUT2D eigenvalue weighted by Gasteiger charge is 2.15. The van der Waals surface area contributed by atoms with Crippen LogP contribution in [-0.4, -0.2) is 20.3 Å². The molecule has 3 aromatic carbocycles. The Kier molecular flexibility index (Phi) is 6.37. The summed E-state index contributed by atoms with van der Waals surface area (Å²) in [6.45, 7) is 5.42. The summed E-state index contributed by atoms with van der Waals surface area (Å²) in [5.41, 5.74) is 6.09. The van der Waals surface area contributed by atoms with Crippen molar-refractivity contribution in [3.8, 4) is 0 Å². The van der Waals surface area contributed by atoms with Crippen molar-refractivity contribution in [1.82, 2.24) is 14.3 Å². The smallest absolute Gasteiger partial charge is 0.256 e. The van der Waals surface area contributed by atoms with E-state index in [-0.39, 0.29) is 5.91 Å². The van der Waals surface area contributed by atoms with Crippen LogP contribution in [0.1, 0.15) is 32.7 Å². The maximum atomic E-state index is 13.0. The number of nitrogens with one attached hydrogen (secondary N) is 1. The molecule has 0 atom stereocenters. The highest BCUT2D eigenvalue weighted by atomic mass is 35.5. The zero-order valence-electron chi connectivity index (χ0n) is 19.4. The number of aryl methyl sites for hydroxylation is 1. The van der Waals surface area contributed by atoms with Gasteiger partial charge in [-0.25, -0.2) is 0 Å². The van der Waals surface area contributed by atoms with Gasteiger partial charge < -0.3 is 9.88 Å². The van der Waals surface area contributed by atoms with Crippen LogP contribution in [0.2, 0.25) is 10.0 Å². The molecule has 176 valence electrons. The van der Waals surface area contributed by atoms with E-state index in [4.69, 9.17) is 23.2 Å². The Balaban J connectivity index is 1.36. The van der Waals surface area contributed by atoms with Gasteiger partial charge in [-0.1, -0.05) is 59.6 Å². The van der Waals surface area contributed by atoms with Gasteiger partial charge in [0.2, 0.25) is 0 Å². The number of aromatic nitrogens is 3. The average Bonchev–Trinajstić information content (AvgIpc) is 3.39. The summed E-state index contributed by atoms with van der Waals surface area (Å²) in [7, 11) is 0. The van der Waals surface area contributed by atoms with Crippen LogP contribution in [-0.2, 0) is 13.1 Å². The summed E-state index contributed by atoms with van der Waals surface area (Å²) in [6.07, 6.45) is 1.79. The van der Waals surface area contributed by atoms with E-state index >= 15 is 0 Å².